The van der Waals surface area contributed by atoms with Crippen molar-refractivity contribution >= 4 is 15.6 Å². The molecule has 0 saturated heterocycles. The fourth-order valence-corrected chi connectivity index (χ4v) is 2.20. The summed E-state index contributed by atoms with van der Waals surface area (Å²) in [5, 5.41) is 7.57. The zero-order chi connectivity index (χ0) is 14.9. The largest absolute Gasteiger partial charge is 0.362 e. The molecule has 0 unspecified atom stereocenters. The number of primary sulfonamides is 1. The zero-order valence-corrected chi connectivity index (χ0v) is 11.6. The number of hydrogen-bond donors (Lipinski definition) is 2. The normalized spacial score (nSPS) is 11.5. The summed E-state index contributed by atoms with van der Waals surface area (Å²) in [7, 11) is -3.74. The highest BCUT2D eigenvalue weighted by Gasteiger charge is 2.12. The number of hydrogen-bond acceptors (Lipinski definition) is 4. The Kier molecular flexibility index (Phi) is 3.60. The van der Waals surface area contributed by atoms with Gasteiger partial charge in [-0.25, -0.2) is 28.1 Å². The van der Waals surface area contributed by atoms with Crippen molar-refractivity contribution in [3.05, 3.63) is 47.2 Å². The van der Waals surface area contributed by atoms with Gasteiger partial charge in [-0.3, -0.25) is 0 Å². The van der Waals surface area contributed by atoms with Crippen molar-refractivity contribution in [2.75, 3.05) is 0 Å². The zero-order valence-electron chi connectivity index (χ0n) is 10.8. The van der Waals surface area contributed by atoms with Crippen LogP contribution in [-0.2, 0) is 10.0 Å². The van der Waals surface area contributed by atoms with E-state index in [9.17, 15) is 13.2 Å². The quantitative estimate of drug-likeness (QED) is 0.861. The minimum absolute atomic E-state index is 0.000389. The smallest absolute Gasteiger partial charge is 0.244 e. The van der Waals surface area contributed by atoms with Crippen molar-refractivity contribution < 1.29 is 8.42 Å². The second kappa shape index (κ2) is 5.06. The standard InChI is InChI=1S/C12H14N4O3S/c1-3-8(2)11-14-12(17)15-16(11)9-4-6-10(7-5-9)20(13,18)19/h4-7H,2-3H2,1H3,(H,15,17)(H2,13,18,19). The molecule has 2 rings (SSSR count). The maximum Gasteiger partial charge on any atom is 0.362 e. The Morgan fingerprint density at radius 2 is 2.00 bits per heavy atom. The summed E-state index contributed by atoms with van der Waals surface area (Å²) in [5.41, 5.74) is 0.764. The van der Waals surface area contributed by atoms with Crippen molar-refractivity contribution in [1.29, 1.82) is 0 Å². The van der Waals surface area contributed by atoms with E-state index < -0.39 is 15.7 Å². The van der Waals surface area contributed by atoms with Gasteiger partial charge < -0.3 is 0 Å². The van der Waals surface area contributed by atoms with E-state index in [1.165, 1.54) is 28.9 Å². The van der Waals surface area contributed by atoms with Crippen molar-refractivity contribution in [2.45, 2.75) is 18.2 Å². The molecule has 3 N–H and O–H groups in total. The van der Waals surface area contributed by atoms with Gasteiger partial charge in [-0.05, 0) is 36.3 Å². The van der Waals surface area contributed by atoms with Crippen LogP contribution in [0.3, 0.4) is 0 Å². The van der Waals surface area contributed by atoms with Crippen LogP contribution in [0.25, 0.3) is 11.3 Å². The molecule has 106 valence electrons. The Morgan fingerprint density at radius 1 is 1.40 bits per heavy atom. The number of H-pyrrole nitrogens is 1. The van der Waals surface area contributed by atoms with Crippen LogP contribution in [0.4, 0.5) is 0 Å². The van der Waals surface area contributed by atoms with Gasteiger partial charge in [0.15, 0.2) is 5.82 Å². The van der Waals surface area contributed by atoms with Crippen LogP contribution in [-0.4, -0.2) is 23.2 Å². The van der Waals surface area contributed by atoms with Crippen LogP contribution in [0.15, 0.2) is 40.5 Å². The highest BCUT2D eigenvalue weighted by molar-refractivity contribution is 7.89. The molecule has 0 aliphatic rings. The fourth-order valence-electron chi connectivity index (χ4n) is 1.69. The first-order chi connectivity index (χ1) is 9.32. The van der Waals surface area contributed by atoms with E-state index >= 15 is 0 Å². The van der Waals surface area contributed by atoms with Crippen molar-refractivity contribution in [1.82, 2.24) is 14.8 Å². The number of aromatic amines is 1. The molecule has 0 aliphatic carbocycles. The first kappa shape index (κ1) is 14.2. The van der Waals surface area contributed by atoms with Gasteiger partial charge >= 0.3 is 5.69 Å². The van der Waals surface area contributed by atoms with Crippen LogP contribution >= 0.6 is 0 Å². The second-order valence-electron chi connectivity index (χ2n) is 4.18. The Hall–Kier alpha value is -2.19. The van der Waals surface area contributed by atoms with E-state index in [2.05, 4.69) is 16.7 Å². The summed E-state index contributed by atoms with van der Waals surface area (Å²) < 4.78 is 23.8. The maximum atomic E-state index is 11.4. The molecule has 0 fully saturated rings. The summed E-state index contributed by atoms with van der Waals surface area (Å²) in [6.45, 7) is 5.74. The molecule has 7 nitrogen and oxygen atoms in total. The Balaban J connectivity index is 2.53. The Labute approximate surface area is 115 Å². The SMILES string of the molecule is C=C(CC)c1nc(=O)[nH]n1-c1ccc(S(N)(=O)=O)cc1. The maximum absolute atomic E-state index is 11.4. The monoisotopic (exact) mass is 294 g/mol. The summed E-state index contributed by atoms with van der Waals surface area (Å²) in [4.78, 5) is 15.2. The molecule has 20 heavy (non-hydrogen) atoms. The molecule has 0 saturated carbocycles. The molecule has 2 aromatic rings. The lowest BCUT2D eigenvalue weighted by atomic mass is 10.2. The van der Waals surface area contributed by atoms with Crippen LogP contribution < -0.4 is 10.8 Å². The van der Waals surface area contributed by atoms with Crippen molar-refractivity contribution in [3.8, 4) is 5.69 Å². The van der Waals surface area contributed by atoms with Gasteiger partial charge in [-0.2, -0.15) is 4.98 Å². The molecule has 1 aromatic carbocycles. The number of nitrogens with zero attached hydrogens (tertiary/aromatic N) is 2. The molecular formula is C12H14N4O3S. The topological polar surface area (TPSA) is 111 Å². The number of allylic oxidation sites excluding steroid dienone is 1. The molecule has 0 aliphatic heterocycles. The predicted molar refractivity (Wildman–Crippen MR) is 74.9 cm³/mol. The number of sulfonamides is 1. The van der Waals surface area contributed by atoms with E-state index in [0.717, 1.165) is 0 Å². The summed E-state index contributed by atoms with van der Waals surface area (Å²) in [5.74, 6) is 0.417. The molecule has 0 amide bonds. The fraction of sp³-hybridized carbons (Fsp3) is 0.167. The molecule has 1 aromatic heterocycles. The lowest BCUT2D eigenvalue weighted by Crippen LogP contribution is -2.12. The van der Waals surface area contributed by atoms with Crippen molar-refractivity contribution in [3.63, 3.8) is 0 Å². The first-order valence-electron chi connectivity index (χ1n) is 5.83. The third-order valence-electron chi connectivity index (χ3n) is 2.79. The lowest BCUT2D eigenvalue weighted by molar-refractivity contribution is 0.598. The van der Waals surface area contributed by atoms with Gasteiger partial charge in [0.1, 0.15) is 0 Å². The predicted octanol–water partition coefficient (Wildman–Crippen LogP) is 0.631. The second-order valence-corrected chi connectivity index (χ2v) is 5.75. The number of nitrogens with one attached hydrogen (secondary N) is 1. The van der Waals surface area contributed by atoms with Crippen LogP contribution in [0.1, 0.15) is 19.2 Å². The Bertz CT molecular complexity index is 800. The number of aromatic nitrogens is 3. The summed E-state index contributed by atoms with van der Waals surface area (Å²) in [6, 6.07) is 5.79. The Morgan fingerprint density at radius 3 is 2.50 bits per heavy atom. The lowest BCUT2D eigenvalue weighted by Gasteiger charge is -2.08. The van der Waals surface area contributed by atoms with Gasteiger partial charge in [-0.15, -0.1) is 0 Å². The molecule has 0 atom stereocenters. The van der Waals surface area contributed by atoms with Crippen molar-refractivity contribution in [2.24, 2.45) is 5.14 Å². The van der Waals surface area contributed by atoms with Gasteiger partial charge in [-0.1, -0.05) is 13.5 Å². The third kappa shape index (κ3) is 2.70. The molecular weight excluding hydrogens is 280 g/mol. The van der Waals surface area contributed by atoms with Gasteiger partial charge in [0, 0.05) is 0 Å². The van der Waals surface area contributed by atoms with Crippen LogP contribution in [0.2, 0.25) is 0 Å². The summed E-state index contributed by atoms with van der Waals surface area (Å²) >= 11 is 0. The number of benzene rings is 1. The molecule has 8 heteroatoms. The number of rotatable bonds is 4. The average molecular weight is 294 g/mol. The van der Waals surface area contributed by atoms with Crippen LogP contribution in [0, 0.1) is 0 Å². The van der Waals surface area contributed by atoms with E-state index in [1.807, 2.05) is 6.92 Å². The minimum atomic E-state index is -3.74. The average Bonchev–Trinajstić information content (AvgIpc) is 2.79. The van der Waals surface area contributed by atoms with E-state index in [1.54, 1.807) is 0 Å². The van der Waals surface area contributed by atoms with E-state index in [0.29, 0.717) is 23.5 Å². The van der Waals surface area contributed by atoms with Gasteiger partial charge in [0.05, 0.1) is 10.6 Å². The summed E-state index contributed by atoms with van der Waals surface area (Å²) in [6.07, 6.45) is 0.638. The highest BCUT2D eigenvalue weighted by atomic mass is 32.2. The molecule has 0 radical (unpaired) electrons. The first-order valence-corrected chi connectivity index (χ1v) is 7.38. The molecule has 0 spiro atoms. The van der Waals surface area contributed by atoms with Gasteiger partial charge in [0.25, 0.3) is 0 Å². The minimum Gasteiger partial charge on any atom is -0.244 e. The number of nitrogens with two attached hydrogens (primary N) is 1. The van der Waals surface area contributed by atoms with Crippen LogP contribution in [0.5, 0.6) is 0 Å². The van der Waals surface area contributed by atoms with Gasteiger partial charge in [0.2, 0.25) is 10.0 Å². The van der Waals surface area contributed by atoms with E-state index in [4.69, 9.17) is 5.14 Å². The molecule has 0 bridgehead atoms. The van der Waals surface area contributed by atoms with E-state index in [-0.39, 0.29) is 4.90 Å². The molecule has 1 heterocycles. The highest BCUT2D eigenvalue weighted by Crippen LogP contribution is 2.17. The third-order valence-corrected chi connectivity index (χ3v) is 3.72.